The molecule has 0 aliphatic rings. The predicted octanol–water partition coefficient (Wildman–Crippen LogP) is 3.80. The summed E-state index contributed by atoms with van der Waals surface area (Å²) in [5.41, 5.74) is 6.41. The van der Waals surface area contributed by atoms with E-state index in [1.165, 1.54) is 12.3 Å². The van der Waals surface area contributed by atoms with Crippen LogP contribution in [0.25, 0.3) is 0 Å². The maximum atomic E-state index is 13.8. The average molecular weight is 311 g/mol. The van der Waals surface area contributed by atoms with Crippen LogP contribution in [0.15, 0.2) is 41.1 Å². The van der Waals surface area contributed by atoms with E-state index in [1.54, 1.807) is 31.3 Å². The van der Waals surface area contributed by atoms with Gasteiger partial charge in [0.15, 0.2) is 11.6 Å². The van der Waals surface area contributed by atoms with Crippen LogP contribution in [0.1, 0.15) is 18.5 Å². The Kier molecular flexibility index (Phi) is 3.93. The average Bonchev–Trinajstić information content (AvgIpc) is 2.31. The summed E-state index contributed by atoms with van der Waals surface area (Å²) in [4.78, 5) is 3.94. The largest absolute Gasteiger partial charge is 0.453 e. The molecule has 2 rings (SSSR count). The van der Waals surface area contributed by atoms with Crippen molar-refractivity contribution in [2.45, 2.75) is 13.0 Å². The molecule has 3 nitrogen and oxygen atoms in total. The van der Waals surface area contributed by atoms with Gasteiger partial charge in [-0.15, -0.1) is 0 Å². The minimum absolute atomic E-state index is 0.152. The Morgan fingerprint density at radius 2 is 2.11 bits per heavy atom. The lowest BCUT2D eigenvalue weighted by molar-refractivity contribution is 0.439. The summed E-state index contributed by atoms with van der Waals surface area (Å²) in [6.45, 7) is 1.80. The van der Waals surface area contributed by atoms with Crippen molar-refractivity contribution in [2.75, 3.05) is 0 Å². The van der Waals surface area contributed by atoms with Gasteiger partial charge in [-0.3, -0.25) is 4.98 Å². The van der Waals surface area contributed by atoms with Gasteiger partial charge < -0.3 is 10.5 Å². The number of nitrogens with two attached hydrogens (primary N) is 1. The van der Waals surface area contributed by atoms with Crippen molar-refractivity contribution in [3.05, 3.63) is 52.5 Å². The number of pyridine rings is 1. The fraction of sp³-hybridized carbons (Fsp3) is 0.154. The Balaban J connectivity index is 2.24. The molecule has 18 heavy (non-hydrogen) atoms. The second-order valence-corrected chi connectivity index (χ2v) is 4.84. The lowest BCUT2D eigenvalue weighted by atomic mass is 10.1. The summed E-state index contributed by atoms with van der Waals surface area (Å²) in [5.74, 6) is 0.181. The molecule has 1 atom stereocenters. The van der Waals surface area contributed by atoms with E-state index in [0.29, 0.717) is 5.75 Å². The van der Waals surface area contributed by atoms with Crippen LogP contribution in [0.5, 0.6) is 11.5 Å². The molecule has 0 amide bonds. The minimum Gasteiger partial charge on any atom is -0.453 e. The molecular weight excluding hydrogens is 299 g/mol. The van der Waals surface area contributed by atoms with Crippen LogP contribution in [0.2, 0.25) is 0 Å². The van der Waals surface area contributed by atoms with E-state index in [9.17, 15) is 4.39 Å². The van der Waals surface area contributed by atoms with Gasteiger partial charge in [0, 0.05) is 16.7 Å². The number of halogens is 2. The van der Waals surface area contributed by atoms with Gasteiger partial charge in [-0.1, -0.05) is 6.07 Å². The molecule has 2 aromatic rings. The van der Waals surface area contributed by atoms with E-state index in [2.05, 4.69) is 20.9 Å². The molecule has 0 aliphatic heterocycles. The summed E-state index contributed by atoms with van der Waals surface area (Å²) in [7, 11) is 0. The summed E-state index contributed by atoms with van der Waals surface area (Å²) in [6, 6.07) is 6.20. The van der Waals surface area contributed by atoms with E-state index >= 15 is 0 Å². The minimum atomic E-state index is -0.440. The molecule has 0 radical (unpaired) electrons. The first-order valence-corrected chi connectivity index (χ1v) is 6.19. The normalized spacial score (nSPS) is 12.2. The molecule has 0 unspecified atom stereocenters. The number of hydrogen-bond donors (Lipinski definition) is 1. The van der Waals surface area contributed by atoms with Crippen LogP contribution in [-0.2, 0) is 0 Å². The lowest BCUT2D eigenvalue weighted by Crippen LogP contribution is -2.05. The van der Waals surface area contributed by atoms with Crippen molar-refractivity contribution < 1.29 is 9.13 Å². The molecule has 0 saturated carbocycles. The number of hydrogen-bond acceptors (Lipinski definition) is 3. The highest BCUT2D eigenvalue weighted by molar-refractivity contribution is 9.10. The van der Waals surface area contributed by atoms with Gasteiger partial charge in [0.2, 0.25) is 0 Å². The van der Waals surface area contributed by atoms with Gasteiger partial charge >= 0.3 is 0 Å². The van der Waals surface area contributed by atoms with Crippen LogP contribution >= 0.6 is 15.9 Å². The second-order valence-electron chi connectivity index (χ2n) is 3.92. The van der Waals surface area contributed by atoms with Crippen molar-refractivity contribution in [2.24, 2.45) is 5.73 Å². The fourth-order valence-electron chi connectivity index (χ4n) is 1.46. The summed E-state index contributed by atoms with van der Waals surface area (Å²) in [5, 5.41) is 0. The first-order valence-electron chi connectivity index (χ1n) is 5.39. The van der Waals surface area contributed by atoms with Gasteiger partial charge in [-0.25, -0.2) is 4.39 Å². The van der Waals surface area contributed by atoms with Crippen molar-refractivity contribution in [3.63, 3.8) is 0 Å². The zero-order valence-electron chi connectivity index (χ0n) is 9.73. The lowest BCUT2D eigenvalue weighted by Gasteiger charge is -2.10. The molecule has 1 heterocycles. The Morgan fingerprint density at radius 3 is 2.72 bits per heavy atom. The number of ether oxygens (including phenoxy) is 1. The Labute approximate surface area is 113 Å². The highest BCUT2D eigenvalue weighted by Crippen LogP contribution is 2.27. The van der Waals surface area contributed by atoms with Gasteiger partial charge in [-0.05, 0) is 46.6 Å². The standard InChI is InChI=1S/C13H12BrFN2O/c1-8(16)9-2-3-13(12(15)4-9)18-11-5-10(14)6-17-7-11/h2-8H,16H2,1H3/t8-/m0/s1. The first-order chi connectivity index (χ1) is 8.56. The number of rotatable bonds is 3. The molecule has 94 valence electrons. The molecule has 2 N–H and O–H groups in total. The van der Waals surface area contributed by atoms with E-state index in [1.807, 2.05) is 0 Å². The monoisotopic (exact) mass is 310 g/mol. The van der Waals surface area contributed by atoms with E-state index in [4.69, 9.17) is 10.5 Å². The topological polar surface area (TPSA) is 48.1 Å². The smallest absolute Gasteiger partial charge is 0.166 e. The molecule has 0 bridgehead atoms. The molecule has 1 aromatic heterocycles. The highest BCUT2D eigenvalue weighted by atomic mass is 79.9. The van der Waals surface area contributed by atoms with E-state index < -0.39 is 5.82 Å². The molecule has 5 heteroatoms. The van der Waals surface area contributed by atoms with E-state index in [-0.39, 0.29) is 11.8 Å². The first kappa shape index (κ1) is 13.0. The van der Waals surface area contributed by atoms with Crippen molar-refractivity contribution >= 4 is 15.9 Å². The highest BCUT2D eigenvalue weighted by Gasteiger charge is 2.08. The van der Waals surface area contributed by atoms with E-state index in [0.717, 1.165) is 10.0 Å². The van der Waals surface area contributed by atoms with Crippen LogP contribution in [-0.4, -0.2) is 4.98 Å². The maximum absolute atomic E-state index is 13.8. The molecule has 0 aliphatic carbocycles. The fourth-order valence-corrected chi connectivity index (χ4v) is 1.80. The summed E-state index contributed by atoms with van der Waals surface area (Å²) >= 11 is 3.27. The molecule has 1 aromatic carbocycles. The Morgan fingerprint density at radius 1 is 1.33 bits per heavy atom. The SMILES string of the molecule is C[C@H](N)c1ccc(Oc2cncc(Br)c2)c(F)c1. The van der Waals surface area contributed by atoms with Crippen LogP contribution < -0.4 is 10.5 Å². The van der Waals surface area contributed by atoms with Crippen molar-refractivity contribution in [3.8, 4) is 11.5 Å². The second kappa shape index (κ2) is 5.46. The summed E-state index contributed by atoms with van der Waals surface area (Å²) < 4.78 is 20.0. The van der Waals surface area contributed by atoms with Crippen LogP contribution in [0.4, 0.5) is 4.39 Å². The Bertz CT molecular complexity index is 560. The number of aromatic nitrogens is 1. The maximum Gasteiger partial charge on any atom is 0.166 e. The van der Waals surface area contributed by atoms with Gasteiger partial charge in [-0.2, -0.15) is 0 Å². The number of nitrogens with zero attached hydrogens (tertiary/aromatic N) is 1. The van der Waals surface area contributed by atoms with Crippen molar-refractivity contribution in [1.82, 2.24) is 4.98 Å². The van der Waals surface area contributed by atoms with Gasteiger partial charge in [0.05, 0.1) is 6.20 Å². The molecule has 0 fully saturated rings. The van der Waals surface area contributed by atoms with Crippen LogP contribution in [0.3, 0.4) is 0 Å². The van der Waals surface area contributed by atoms with Gasteiger partial charge in [0.1, 0.15) is 5.75 Å². The van der Waals surface area contributed by atoms with Crippen LogP contribution in [0, 0.1) is 5.82 Å². The van der Waals surface area contributed by atoms with Gasteiger partial charge in [0.25, 0.3) is 0 Å². The third-order valence-electron chi connectivity index (χ3n) is 2.39. The third-order valence-corrected chi connectivity index (χ3v) is 2.82. The third kappa shape index (κ3) is 3.05. The molecular formula is C13H12BrFN2O. The zero-order valence-corrected chi connectivity index (χ0v) is 11.3. The Hall–Kier alpha value is -1.46. The molecule has 0 spiro atoms. The molecule has 0 saturated heterocycles. The quantitative estimate of drug-likeness (QED) is 0.938. The summed E-state index contributed by atoms with van der Waals surface area (Å²) in [6.07, 6.45) is 3.14. The van der Waals surface area contributed by atoms with Crippen molar-refractivity contribution in [1.29, 1.82) is 0 Å². The zero-order chi connectivity index (χ0) is 13.1. The predicted molar refractivity (Wildman–Crippen MR) is 71.0 cm³/mol. The number of benzene rings is 1.